The van der Waals surface area contributed by atoms with E-state index < -0.39 is 5.60 Å². The van der Waals surface area contributed by atoms with Crippen LogP contribution in [0, 0.1) is 0 Å². The molecule has 3 rings (SSSR count). The summed E-state index contributed by atoms with van der Waals surface area (Å²) in [7, 11) is 0. The van der Waals surface area contributed by atoms with Crippen molar-refractivity contribution in [1.82, 2.24) is 9.55 Å². The molecule has 1 saturated carbocycles. The van der Waals surface area contributed by atoms with Gasteiger partial charge in [-0.1, -0.05) is 31.4 Å². The molecule has 1 aliphatic carbocycles. The van der Waals surface area contributed by atoms with Crippen molar-refractivity contribution in [3.63, 3.8) is 0 Å². The third-order valence-electron chi connectivity index (χ3n) is 4.32. The first-order valence-electron chi connectivity index (χ1n) is 7.38. The number of imidazole rings is 1. The monoisotopic (exact) mass is 258 g/mol. The number of aryl methyl sites for hydroxylation is 1. The summed E-state index contributed by atoms with van der Waals surface area (Å²) in [6.45, 7) is 3.05. The van der Waals surface area contributed by atoms with Gasteiger partial charge in [-0.05, 0) is 31.9 Å². The van der Waals surface area contributed by atoms with E-state index in [1.807, 2.05) is 6.07 Å². The van der Waals surface area contributed by atoms with Gasteiger partial charge >= 0.3 is 0 Å². The molecule has 0 saturated heterocycles. The zero-order valence-corrected chi connectivity index (χ0v) is 11.6. The Morgan fingerprint density at radius 2 is 1.95 bits per heavy atom. The minimum Gasteiger partial charge on any atom is -0.389 e. The smallest absolute Gasteiger partial charge is 0.112 e. The first-order chi connectivity index (χ1) is 9.22. The number of hydrogen-bond acceptors (Lipinski definition) is 2. The highest BCUT2D eigenvalue weighted by Gasteiger charge is 2.31. The standard InChI is InChI=1S/C16H22N2O/c1-2-18-14-9-5-4-8-13(14)17-15(18)12-16(19)10-6-3-7-11-16/h4-5,8-9,19H,2-3,6-7,10-12H2,1H3. The van der Waals surface area contributed by atoms with E-state index in [0.717, 1.165) is 43.6 Å². The van der Waals surface area contributed by atoms with Crippen LogP contribution in [0.1, 0.15) is 44.9 Å². The van der Waals surface area contributed by atoms with E-state index in [2.05, 4.69) is 29.7 Å². The van der Waals surface area contributed by atoms with Crippen LogP contribution in [0.5, 0.6) is 0 Å². The molecule has 1 aromatic carbocycles. The Morgan fingerprint density at radius 1 is 1.21 bits per heavy atom. The Bertz CT molecular complexity index is 567. The minimum absolute atomic E-state index is 0.535. The highest BCUT2D eigenvalue weighted by atomic mass is 16.3. The van der Waals surface area contributed by atoms with Gasteiger partial charge < -0.3 is 9.67 Å². The van der Waals surface area contributed by atoms with Gasteiger partial charge in [-0.25, -0.2) is 4.98 Å². The average molecular weight is 258 g/mol. The molecule has 1 fully saturated rings. The van der Waals surface area contributed by atoms with Crippen LogP contribution in [0.4, 0.5) is 0 Å². The Hall–Kier alpha value is -1.35. The van der Waals surface area contributed by atoms with E-state index >= 15 is 0 Å². The molecule has 1 aromatic heterocycles. The summed E-state index contributed by atoms with van der Waals surface area (Å²) < 4.78 is 2.24. The fraction of sp³-hybridized carbons (Fsp3) is 0.562. The van der Waals surface area contributed by atoms with E-state index in [9.17, 15) is 5.11 Å². The molecule has 1 N–H and O–H groups in total. The number of aromatic nitrogens is 2. The number of nitrogens with zero attached hydrogens (tertiary/aromatic N) is 2. The molecule has 1 heterocycles. The molecule has 0 unspecified atom stereocenters. The summed E-state index contributed by atoms with van der Waals surface area (Å²) >= 11 is 0. The van der Waals surface area contributed by atoms with E-state index in [-0.39, 0.29) is 0 Å². The maximum atomic E-state index is 10.7. The van der Waals surface area contributed by atoms with Gasteiger partial charge in [0.15, 0.2) is 0 Å². The van der Waals surface area contributed by atoms with Gasteiger partial charge in [-0.15, -0.1) is 0 Å². The summed E-state index contributed by atoms with van der Waals surface area (Å²) in [6, 6.07) is 8.24. The molecular weight excluding hydrogens is 236 g/mol. The fourth-order valence-corrected chi connectivity index (χ4v) is 3.29. The average Bonchev–Trinajstić information content (AvgIpc) is 2.75. The van der Waals surface area contributed by atoms with Crippen molar-refractivity contribution in [2.75, 3.05) is 0 Å². The van der Waals surface area contributed by atoms with Crippen molar-refractivity contribution in [3.8, 4) is 0 Å². The van der Waals surface area contributed by atoms with Crippen molar-refractivity contribution >= 4 is 11.0 Å². The number of aliphatic hydroxyl groups is 1. The van der Waals surface area contributed by atoms with E-state index in [4.69, 9.17) is 4.98 Å². The molecule has 0 aliphatic heterocycles. The summed E-state index contributed by atoms with van der Waals surface area (Å²) in [4.78, 5) is 4.73. The van der Waals surface area contributed by atoms with Gasteiger partial charge in [0.05, 0.1) is 16.6 Å². The Labute approximate surface area is 114 Å². The minimum atomic E-state index is -0.535. The number of para-hydroxylation sites is 2. The SMILES string of the molecule is CCn1c(CC2(O)CCCCC2)nc2ccccc21. The maximum Gasteiger partial charge on any atom is 0.112 e. The molecule has 0 spiro atoms. The van der Waals surface area contributed by atoms with E-state index in [1.165, 1.54) is 11.9 Å². The molecule has 0 bridgehead atoms. The third-order valence-corrected chi connectivity index (χ3v) is 4.32. The van der Waals surface area contributed by atoms with Crippen LogP contribution in [0.2, 0.25) is 0 Å². The van der Waals surface area contributed by atoms with Crippen LogP contribution in [0.3, 0.4) is 0 Å². The van der Waals surface area contributed by atoms with Gasteiger partial charge in [0.25, 0.3) is 0 Å². The first kappa shape index (κ1) is 12.7. The maximum absolute atomic E-state index is 10.7. The molecule has 102 valence electrons. The zero-order valence-electron chi connectivity index (χ0n) is 11.6. The van der Waals surface area contributed by atoms with Crippen molar-refractivity contribution in [2.24, 2.45) is 0 Å². The lowest BCUT2D eigenvalue weighted by molar-refractivity contribution is 0.00223. The predicted octanol–water partition coefficient (Wildman–Crippen LogP) is 3.29. The van der Waals surface area contributed by atoms with Gasteiger partial charge in [-0.2, -0.15) is 0 Å². The second-order valence-electron chi connectivity index (χ2n) is 5.72. The molecule has 19 heavy (non-hydrogen) atoms. The molecule has 2 aromatic rings. The molecule has 0 amide bonds. The van der Waals surface area contributed by atoms with Crippen molar-refractivity contribution < 1.29 is 5.11 Å². The quantitative estimate of drug-likeness (QED) is 0.917. The van der Waals surface area contributed by atoms with E-state index in [0.29, 0.717) is 6.42 Å². The van der Waals surface area contributed by atoms with Crippen LogP contribution in [-0.4, -0.2) is 20.3 Å². The zero-order chi connectivity index (χ0) is 13.3. The topological polar surface area (TPSA) is 38.0 Å². The lowest BCUT2D eigenvalue weighted by atomic mass is 9.82. The third kappa shape index (κ3) is 2.39. The molecule has 0 radical (unpaired) electrons. The molecular formula is C16H22N2O. The highest BCUT2D eigenvalue weighted by molar-refractivity contribution is 5.75. The van der Waals surface area contributed by atoms with E-state index in [1.54, 1.807) is 0 Å². The first-order valence-corrected chi connectivity index (χ1v) is 7.38. The predicted molar refractivity (Wildman–Crippen MR) is 77.1 cm³/mol. The number of benzene rings is 1. The molecule has 3 nitrogen and oxygen atoms in total. The van der Waals surface area contributed by atoms with Crippen LogP contribution >= 0.6 is 0 Å². The fourth-order valence-electron chi connectivity index (χ4n) is 3.29. The summed E-state index contributed by atoms with van der Waals surface area (Å²) in [5.41, 5.74) is 1.69. The van der Waals surface area contributed by atoms with Crippen molar-refractivity contribution in [2.45, 2.75) is 57.6 Å². The van der Waals surface area contributed by atoms with Crippen LogP contribution in [-0.2, 0) is 13.0 Å². The van der Waals surface area contributed by atoms with Gasteiger partial charge in [-0.3, -0.25) is 0 Å². The summed E-state index contributed by atoms with van der Waals surface area (Å²) in [5.74, 6) is 1.04. The lowest BCUT2D eigenvalue weighted by Crippen LogP contribution is -2.34. The number of rotatable bonds is 3. The van der Waals surface area contributed by atoms with Crippen LogP contribution in [0.15, 0.2) is 24.3 Å². The Kier molecular flexibility index (Phi) is 3.31. The molecule has 0 atom stereocenters. The van der Waals surface area contributed by atoms with Crippen molar-refractivity contribution in [1.29, 1.82) is 0 Å². The number of fused-ring (bicyclic) bond motifs is 1. The van der Waals surface area contributed by atoms with Crippen LogP contribution < -0.4 is 0 Å². The van der Waals surface area contributed by atoms with Crippen molar-refractivity contribution in [3.05, 3.63) is 30.1 Å². The highest BCUT2D eigenvalue weighted by Crippen LogP contribution is 2.31. The second-order valence-corrected chi connectivity index (χ2v) is 5.72. The van der Waals surface area contributed by atoms with Gasteiger partial charge in [0, 0.05) is 13.0 Å². The summed E-state index contributed by atoms with van der Waals surface area (Å²) in [5, 5.41) is 10.7. The van der Waals surface area contributed by atoms with Gasteiger partial charge in [0.1, 0.15) is 5.82 Å². The number of hydrogen-bond donors (Lipinski definition) is 1. The second kappa shape index (κ2) is 4.97. The molecule has 1 aliphatic rings. The van der Waals surface area contributed by atoms with Crippen LogP contribution in [0.25, 0.3) is 11.0 Å². The largest absolute Gasteiger partial charge is 0.389 e. The molecule has 3 heteroatoms. The van der Waals surface area contributed by atoms with Gasteiger partial charge in [0.2, 0.25) is 0 Å². The Morgan fingerprint density at radius 3 is 2.68 bits per heavy atom. The summed E-state index contributed by atoms with van der Waals surface area (Å²) in [6.07, 6.45) is 6.06. The lowest BCUT2D eigenvalue weighted by Gasteiger charge is -2.31. The Balaban J connectivity index is 1.95. The normalized spacial score (nSPS) is 18.8.